The number of benzene rings is 2. The van der Waals surface area contributed by atoms with E-state index in [1.807, 2.05) is 0 Å². The van der Waals surface area contributed by atoms with Crippen molar-refractivity contribution in [3.8, 4) is 0 Å². The number of esters is 1. The van der Waals surface area contributed by atoms with Crippen molar-refractivity contribution in [2.45, 2.75) is 38.1 Å². The van der Waals surface area contributed by atoms with Crippen LogP contribution in [0.5, 0.6) is 0 Å². The molecule has 0 aliphatic heterocycles. The molecule has 3 rings (SSSR count). The lowest BCUT2D eigenvalue weighted by Gasteiger charge is -2.29. The smallest absolute Gasteiger partial charge is 0.328 e. The van der Waals surface area contributed by atoms with Crippen molar-refractivity contribution in [3.05, 3.63) is 57.0 Å². The molecule has 0 radical (unpaired) electrons. The fourth-order valence-electron chi connectivity index (χ4n) is 3.88. The summed E-state index contributed by atoms with van der Waals surface area (Å²) < 4.78 is 4.93. The van der Waals surface area contributed by atoms with Gasteiger partial charge in [0.05, 0.1) is 34.1 Å². The Morgan fingerprint density at radius 1 is 0.970 bits per heavy atom. The molecule has 3 amide bonds. The predicted octanol–water partition coefficient (Wildman–Crippen LogP) is 6.14. The van der Waals surface area contributed by atoms with E-state index in [0.717, 1.165) is 32.1 Å². The number of carbonyl (C=O) groups excluding carboxylic acids is 3. The van der Waals surface area contributed by atoms with Gasteiger partial charge in [-0.1, -0.05) is 60.1 Å². The molecule has 0 unspecified atom stereocenters. The lowest BCUT2D eigenvalue weighted by molar-refractivity contribution is -0.144. The maximum Gasteiger partial charge on any atom is 0.328 e. The summed E-state index contributed by atoms with van der Waals surface area (Å²) in [7, 11) is 1.30. The van der Waals surface area contributed by atoms with Crippen LogP contribution in [-0.4, -0.2) is 31.1 Å². The number of halogens is 3. The molecule has 3 N–H and O–H groups in total. The number of rotatable bonds is 6. The standard InChI is InChI=1S/C23H24Cl3N3O4/c1-33-22(31)19(13-6-3-2-4-7-13)28-21(30)15-11-10-14(24)12-18(15)27-23(32)29-20-16(25)8-5-9-17(20)26/h5,8-13,19H,2-4,6-7H2,1H3,(H,28,30)(H2,27,29,32)/t19-/m0/s1. The van der Waals surface area contributed by atoms with E-state index in [9.17, 15) is 14.4 Å². The number of carbonyl (C=O) groups is 3. The number of urea groups is 1. The summed E-state index contributed by atoms with van der Waals surface area (Å²) >= 11 is 18.3. The number of ether oxygens (including phenoxy) is 1. The number of amides is 3. The van der Waals surface area contributed by atoms with Crippen LogP contribution in [0.1, 0.15) is 42.5 Å². The zero-order valence-corrected chi connectivity index (χ0v) is 20.2. The van der Waals surface area contributed by atoms with Crippen LogP contribution in [0.3, 0.4) is 0 Å². The highest BCUT2D eigenvalue weighted by molar-refractivity contribution is 6.40. The molecule has 0 saturated heterocycles. The number of hydrogen-bond acceptors (Lipinski definition) is 4. The number of hydrogen-bond donors (Lipinski definition) is 3. The molecule has 0 spiro atoms. The van der Waals surface area contributed by atoms with Crippen LogP contribution in [-0.2, 0) is 9.53 Å². The van der Waals surface area contributed by atoms with Crippen molar-refractivity contribution in [3.63, 3.8) is 0 Å². The van der Waals surface area contributed by atoms with E-state index >= 15 is 0 Å². The van der Waals surface area contributed by atoms with Crippen molar-refractivity contribution in [1.82, 2.24) is 5.32 Å². The molecule has 176 valence electrons. The third-order valence-corrected chi connectivity index (χ3v) is 6.40. The predicted molar refractivity (Wildman–Crippen MR) is 130 cm³/mol. The molecule has 1 fully saturated rings. The van der Waals surface area contributed by atoms with Crippen LogP contribution in [0.2, 0.25) is 15.1 Å². The lowest BCUT2D eigenvalue weighted by atomic mass is 9.83. The Morgan fingerprint density at radius 3 is 2.27 bits per heavy atom. The Kier molecular flexibility index (Phi) is 8.83. The van der Waals surface area contributed by atoms with Gasteiger partial charge in [-0.05, 0) is 49.1 Å². The first-order valence-corrected chi connectivity index (χ1v) is 11.6. The first-order chi connectivity index (χ1) is 15.8. The zero-order chi connectivity index (χ0) is 24.0. The van der Waals surface area contributed by atoms with Gasteiger partial charge in [-0.15, -0.1) is 0 Å². The Balaban J connectivity index is 1.79. The van der Waals surface area contributed by atoms with Crippen LogP contribution in [0.4, 0.5) is 16.2 Å². The lowest BCUT2D eigenvalue weighted by Crippen LogP contribution is -2.47. The van der Waals surface area contributed by atoms with Gasteiger partial charge in [-0.3, -0.25) is 4.79 Å². The van der Waals surface area contributed by atoms with Crippen molar-refractivity contribution < 1.29 is 19.1 Å². The van der Waals surface area contributed by atoms with Crippen molar-refractivity contribution >= 4 is 64.1 Å². The number of nitrogens with one attached hydrogen (secondary N) is 3. The third kappa shape index (κ3) is 6.53. The molecule has 0 bridgehead atoms. The Bertz CT molecular complexity index is 1020. The van der Waals surface area contributed by atoms with Crippen molar-refractivity contribution in [2.75, 3.05) is 17.7 Å². The van der Waals surface area contributed by atoms with Crippen LogP contribution < -0.4 is 16.0 Å². The monoisotopic (exact) mass is 511 g/mol. The third-order valence-electron chi connectivity index (χ3n) is 5.54. The van der Waals surface area contributed by atoms with Gasteiger partial charge < -0.3 is 20.7 Å². The summed E-state index contributed by atoms with van der Waals surface area (Å²) in [4.78, 5) is 38.1. The van der Waals surface area contributed by atoms with Crippen molar-refractivity contribution in [2.24, 2.45) is 5.92 Å². The minimum Gasteiger partial charge on any atom is -0.467 e. The van der Waals surface area contributed by atoms with E-state index in [2.05, 4.69) is 16.0 Å². The molecule has 2 aromatic rings. The summed E-state index contributed by atoms with van der Waals surface area (Å²) in [6.45, 7) is 0. The van der Waals surface area contributed by atoms with Gasteiger partial charge in [0, 0.05) is 5.02 Å². The molecule has 2 aromatic carbocycles. The molecule has 1 atom stereocenters. The van der Waals surface area contributed by atoms with E-state index < -0.39 is 23.9 Å². The first-order valence-electron chi connectivity index (χ1n) is 10.5. The average Bonchev–Trinajstić information content (AvgIpc) is 2.80. The second-order valence-corrected chi connectivity index (χ2v) is 8.99. The quantitative estimate of drug-likeness (QED) is 0.405. The topological polar surface area (TPSA) is 96.5 Å². The van der Waals surface area contributed by atoms with E-state index in [1.54, 1.807) is 18.2 Å². The fourth-order valence-corrected chi connectivity index (χ4v) is 4.55. The zero-order valence-electron chi connectivity index (χ0n) is 17.9. The van der Waals surface area contributed by atoms with Gasteiger partial charge in [0.15, 0.2) is 0 Å². The fraction of sp³-hybridized carbons (Fsp3) is 0.348. The highest BCUT2D eigenvalue weighted by atomic mass is 35.5. The SMILES string of the molecule is COC(=O)[C@@H](NC(=O)c1ccc(Cl)cc1NC(=O)Nc1c(Cl)cccc1Cl)C1CCCCC1. The molecule has 1 saturated carbocycles. The maximum atomic E-state index is 13.1. The molecule has 10 heteroatoms. The minimum atomic E-state index is -0.776. The largest absolute Gasteiger partial charge is 0.467 e. The van der Waals surface area contributed by atoms with E-state index in [4.69, 9.17) is 39.5 Å². The molecule has 0 aromatic heterocycles. The van der Waals surface area contributed by atoms with Crippen LogP contribution in [0.15, 0.2) is 36.4 Å². The molecule has 7 nitrogen and oxygen atoms in total. The summed E-state index contributed by atoms with van der Waals surface area (Å²) in [5, 5.41) is 8.79. The van der Waals surface area contributed by atoms with Crippen molar-refractivity contribution in [1.29, 1.82) is 0 Å². The number of para-hydroxylation sites is 1. The molecule has 0 heterocycles. The van der Waals surface area contributed by atoms with Crippen LogP contribution >= 0.6 is 34.8 Å². The second-order valence-electron chi connectivity index (χ2n) is 7.74. The van der Waals surface area contributed by atoms with Crippen LogP contribution in [0, 0.1) is 5.92 Å². The van der Waals surface area contributed by atoms with Gasteiger partial charge in [-0.2, -0.15) is 0 Å². The van der Waals surface area contributed by atoms with Gasteiger partial charge in [0.2, 0.25) is 0 Å². The molecule has 33 heavy (non-hydrogen) atoms. The Labute approximate surface area is 207 Å². The van der Waals surface area contributed by atoms with Gasteiger partial charge in [-0.25, -0.2) is 9.59 Å². The van der Waals surface area contributed by atoms with Crippen LogP contribution in [0.25, 0.3) is 0 Å². The van der Waals surface area contributed by atoms with Gasteiger partial charge >= 0.3 is 12.0 Å². The molecule has 1 aliphatic rings. The summed E-state index contributed by atoms with van der Waals surface area (Å²) in [5.41, 5.74) is 0.534. The summed E-state index contributed by atoms with van der Waals surface area (Å²) in [5.74, 6) is -1.03. The highest BCUT2D eigenvalue weighted by Gasteiger charge is 2.32. The summed E-state index contributed by atoms with van der Waals surface area (Å²) in [6, 6.07) is 7.82. The second kappa shape index (κ2) is 11.6. The summed E-state index contributed by atoms with van der Waals surface area (Å²) in [6.07, 6.45) is 4.74. The number of anilines is 2. The molecular formula is C23H24Cl3N3O4. The normalized spacial score (nSPS) is 14.8. The van der Waals surface area contributed by atoms with E-state index in [0.29, 0.717) is 5.02 Å². The minimum absolute atomic E-state index is 0.00970. The Morgan fingerprint density at radius 2 is 1.64 bits per heavy atom. The van der Waals surface area contributed by atoms with Gasteiger partial charge in [0.1, 0.15) is 6.04 Å². The van der Waals surface area contributed by atoms with E-state index in [1.165, 1.54) is 25.3 Å². The maximum absolute atomic E-state index is 13.1. The molecule has 1 aliphatic carbocycles. The highest BCUT2D eigenvalue weighted by Crippen LogP contribution is 2.31. The molecular weight excluding hydrogens is 489 g/mol. The number of methoxy groups -OCH3 is 1. The Hall–Kier alpha value is -2.48. The first kappa shape index (κ1) is 25.1. The average molecular weight is 513 g/mol. The van der Waals surface area contributed by atoms with Gasteiger partial charge in [0.25, 0.3) is 5.91 Å². The van der Waals surface area contributed by atoms with E-state index in [-0.39, 0.29) is 32.9 Å².